The predicted octanol–water partition coefficient (Wildman–Crippen LogP) is 4.02. The van der Waals surface area contributed by atoms with Crippen molar-refractivity contribution in [1.29, 1.82) is 0 Å². The average Bonchev–Trinajstić information content (AvgIpc) is 3.63. The molecule has 0 saturated heterocycles. The number of rotatable bonds is 11. The lowest BCUT2D eigenvalue weighted by atomic mass is 9.99. The molecule has 6 nitrogen and oxygen atoms in total. The molecule has 1 unspecified atom stereocenters. The van der Waals surface area contributed by atoms with Gasteiger partial charge in [-0.25, -0.2) is 13.6 Å². The van der Waals surface area contributed by atoms with Crippen LogP contribution in [0.25, 0.3) is 0 Å². The second kappa shape index (κ2) is 10.8. The number of nitrogens with one attached hydrogen (secondary N) is 2. The summed E-state index contributed by atoms with van der Waals surface area (Å²) in [6.45, 7) is 0.967. The van der Waals surface area contributed by atoms with Crippen LogP contribution in [0.15, 0.2) is 64.3 Å². The first-order chi connectivity index (χ1) is 16.0. The largest absolute Gasteiger partial charge is 0.490 e. The Morgan fingerprint density at radius 1 is 1.09 bits per heavy atom. The van der Waals surface area contributed by atoms with E-state index < -0.39 is 17.1 Å². The Hall–Kier alpha value is -2.91. The number of benzene rings is 2. The SMILES string of the molecule is O=c1ccn(CCCSNC(c2ccc(F)cc2)c2ccc(F)c(OCC3CC3)c2)c(=O)[nH]1. The molecule has 1 aromatic heterocycles. The van der Waals surface area contributed by atoms with Gasteiger partial charge in [-0.05, 0) is 60.6 Å². The summed E-state index contributed by atoms with van der Waals surface area (Å²) in [7, 11) is 0. The molecule has 1 heterocycles. The van der Waals surface area contributed by atoms with Gasteiger partial charge in [-0.3, -0.25) is 14.5 Å². The molecule has 4 rings (SSSR count). The molecule has 1 atom stereocenters. The lowest BCUT2D eigenvalue weighted by molar-refractivity contribution is 0.285. The van der Waals surface area contributed by atoms with Crippen LogP contribution in [0.5, 0.6) is 5.75 Å². The summed E-state index contributed by atoms with van der Waals surface area (Å²) >= 11 is 1.46. The molecule has 0 radical (unpaired) electrons. The maximum atomic E-state index is 14.3. The summed E-state index contributed by atoms with van der Waals surface area (Å²) < 4.78 is 38.3. The summed E-state index contributed by atoms with van der Waals surface area (Å²) in [6.07, 6.45) is 4.38. The molecule has 2 N–H and O–H groups in total. The zero-order valence-corrected chi connectivity index (χ0v) is 18.7. The highest BCUT2D eigenvalue weighted by Crippen LogP contribution is 2.32. The van der Waals surface area contributed by atoms with Crippen molar-refractivity contribution in [1.82, 2.24) is 14.3 Å². The zero-order chi connectivity index (χ0) is 23.2. The molecule has 0 amide bonds. The Labute approximate surface area is 194 Å². The molecule has 33 heavy (non-hydrogen) atoms. The van der Waals surface area contributed by atoms with E-state index in [0.717, 1.165) is 24.0 Å². The van der Waals surface area contributed by atoms with Crippen LogP contribution < -0.4 is 20.7 Å². The van der Waals surface area contributed by atoms with Crippen LogP contribution in [0.3, 0.4) is 0 Å². The number of halogens is 2. The summed E-state index contributed by atoms with van der Waals surface area (Å²) in [4.78, 5) is 25.2. The quantitative estimate of drug-likeness (QED) is 0.325. The van der Waals surface area contributed by atoms with Crippen LogP contribution in [0.1, 0.15) is 36.4 Å². The summed E-state index contributed by atoms with van der Waals surface area (Å²) in [6, 6.07) is 12.0. The topological polar surface area (TPSA) is 76.1 Å². The first-order valence-electron chi connectivity index (χ1n) is 10.8. The van der Waals surface area contributed by atoms with Crippen molar-refractivity contribution in [3.05, 3.63) is 98.3 Å². The minimum absolute atomic E-state index is 0.218. The fourth-order valence-electron chi connectivity index (χ4n) is 3.36. The van der Waals surface area contributed by atoms with E-state index >= 15 is 0 Å². The van der Waals surface area contributed by atoms with Crippen LogP contribution in [-0.2, 0) is 6.54 Å². The number of aromatic nitrogens is 2. The highest BCUT2D eigenvalue weighted by atomic mass is 32.2. The fraction of sp³-hybridized carbons (Fsp3) is 0.333. The van der Waals surface area contributed by atoms with Crippen molar-refractivity contribution in [3.63, 3.8) is 0 Å². The van der Waals surface area contributed by atoms with Gasteiger partial charge in [0.1, 0.15) is 5.82 Å². The van der Waals surface area contributed by atoms with Gasteiger partial charge < -0.3 is 9.30 Å². The number of ether oxygens (including phenoxy) is 1. The van der Waals surface area contributed by atoms with Gasteiger partial charge in [0, 0.05) is 24.6 Å². The van der Waals surface area contributed by atoms with Gasteiger partial charge in [0.05, 0.1) is 12.6 Å². The molecule has 1 aliphatic carbocycles. The van der Waals surface area contributed by atoms with Gasteiger partial charge in [0.2, 0.25) is 0 Å². The Morgan fingerprint density at radius 2 is 1.85 bits per heavy atom. The van der Waals surface area contributed by atoms with Gasteiger partial charge in [-0.15, -0.1) is 0 Å². The molecule has 1 saturated carbocycles. The molecular weight excluding hydrogens is 448 g/mol. The monoisotopic (exact) mass is 473 g/mol. The molecule has 2 aromatic carbocycles. The smallest absolute Gasteiger partial charge is 0.328 e. The summed E-state index contributed by atoms with van der Waals surface area (Å²) in [5.74, 6) is 0.663. The van der Waals surface area contributed by atoms with E-state index in [-0.39, 0.29) is 17.6 Å². The Kier molecular flexibility index (Phi) is 7.61. The highest BCUT2D eigenvalue weighted by molar-refractivity contribution is 7.97. The minimum atomic E-state index is -0.435. The molecule has 0 spiro atoms. The fourth-order valence-corrected chi connectivity index (χ4v) is 4.19. The van der Waals surface area contributed by atoms with E-state index in [9.17, 15) is 18.4 Å². The normalized spacial score (nSPS) is 14.2. The van der Waals surface area contributed by atoms with Crippen LogP contribution >= 0.6 is 11.9 Å². The third-order valence-corrected chi connectivity index (χ3v) is 6.30. The van der Waals surface area contributed by atoms with E-state index in [1.165, 1.54) is 47.0 Å². The van der Waals surface area contributed by atoms with Crippen molar-refractivity contribution in [2.45, 2.75) is 31.8 Å². The Balaban J connectivity index is 1.42. The molecule has 9 heteroatoms. The van der Waals surface area contributed by atoms with Crippen LogP contribution in [0, 0.1) is 17.6 Å². The Bertz CT molecular complexity index is 1190. The third kappa shape index (κ3) is 6.55. The van der Waals surface area contributed by atoms with E-state index in [1.54, 1.807) is 24.3 Å². The first-order valence-corrected chi connectivity index (χ1v) is 11.8. The number of aromatic amines is 1. The van der Waals surface area contributed by atoms with Gasteiger partial charge in [0.15, 0.2) is 11.6 Å². The number of hydrogen-bond donors (Lipinski definition) is 2. The lowest BCUT2D eigenvalue weighted by Gasteiger charge is -2.20. The molecular formula is C24H25F2N3O3S. The summed E-state index contributed by atoms with van der Waals surface area (Å²) in [5, 5.41) is 0. The molecule has 174 valence electrons. The standard InChI is InChI=1S/C24H25F2N3O3S/c25-19-7-4-17(5-8-19)23(18-6-9-20(26)21(14-18)32-15-16-2-3-16)28-33-13-1-11-29-12-10-22(30)27-24(29)31/h4-10,12,14,16,23,28H,1-3,11,13,15H2,(H,27,30,31). The van der Waals surface area contributed by atoms with Crippen molar-refractivity contribution in [2.24, 2.45) is 5.92 Å². The second-order valence-electron chi connectivity index (χ2n) is 8.05. The van der Waals surface area contributed by atoms with Crippen molar-refractivity contribution in [2.75, 3.05) is 12.4 Å². The van der Waals surface area contributed by atoms with Gasteiger partial charge >= 0.3 is 5.69 Å². The second-order valence-corrected chi connectivity index (χ2v) is 8.98. The van der Waals surface area contributed by atoms with E-state index in [1.807, 2.05) is 0 Å². The zero-order valence-electron chi connectivity index (χ0n) is 17.9. The molecule has 0 aliphatic heterocycles. The van der Waals surface area contributed by atoms with E-state index in [4.69, 9.17) is 4.74 Å². The average molecular weight is 474 g/mol. The van der Waals surface area contributed by atoms with Crippen LogP contribution in [-0.4, -0.2) is 21.9 Å². The maximum Gasteiger partial charge on any atom is 0.328 e. The molecule has 3 aromatic rings. The number of H-pyrrole nitrogens is 1. The van der Waals surface area contributed by atoms with Crippen LogP contribution in [0.2, 0.25) is 0 Å². The van der Waals surface area contributed by atoms with Crippen molar-refractivity contribution in [3.8, 4) is 5.75 Å². The van der Waals surface area contributed by atoms with E-state index in [0.29, 0.717) is 31.2 Å². The summed E-state index contributed by atoms with van der Waals surface area (Å²) in [5.41, 5.74) is 0.780. The molecule has 0 bridgehead atoms. The van der Waals surface area contributed by atoms with Gasteiger partial charge in [0.25, 0.3) is 5.56 Å². The Morgan fingerprint density at radius 3 is 2.58 bits per heavy atom. The molecule has 1 aliphatic rings. The van der Waals surface area contributed by atoms with E-state index in [2.05, 4.69) is 9.71 Å². The van der Waals surface area contributed by atoms with Crippen molar-refractivity contribution >= 4 is 11.9 Å². The van der Waals surface area contributed by atoms with Gasteiger partial charge in [-0.1, -0.05) is 30.1 Å². The predicted molar refractivity (Wildman–Crippen MR) is 124 cm³/mol. The maximum absolute atomic E-state index is 14.3. The number of aryl methyl sites for hydroxylation is 1. The first kappa shape index (κ1) is 23.3. The van der Waals surface area contributed by atoms with Gasteiger partial charge in [-0.2, -0.15) is 0 Å². The molecule has 1 fully saturated rings. The minimum Gasteiger partial charge on any atom is -0.490 e. The van der Waals surface area contributed by atoms with Crippen molar-refractivity contribution < 1.29 is 13.5 Å². The number of hydrogen-bond acceptors (Lipinski definition) is 5. The third-order valence-electron chi connectivity index (χ3n) is 5.41. The number of nitrogens with zero attached hydrogens (tertiary/aromatic N) is 1. The van der Waals surface area contributed by atoms with Crippen LogP contribution in [0.4, 0.5) is 8.78 Å². The lowest BCUT2D eigenvalue weighted by Crippen LogP contribution is -2.28. The highest BCUT2D eigenvalue weighted by Gasteiger charge is 2.23.